The smallest absolute Gasteiger partial charge is 0.123 e. The van der Waals surface area contributed by atoms with Crippen LogP contribution in [0.5, 0.6) is 0 Å². The first-order valence-corrected chi connectivity index (χ1v) is 5.45. The summed E-state index contributed by atoms with van der Waals surface area (Å²) in [6.45, 7) is 6.11. The topological polar surface area (TPSA) is 54.7 Å². The molecular weight excluding hydrogens is 198 g/mol. The number of aromatic amines is 1. The number of hydrogen-bond donors (Lipinski definition) is 2. The maximum atomic E-state index is 5.77. The van der Waals surface area contributed by atoms with Gasteiger partial charge in [0, 0.05) is 5.56 Å². The first kappa shape index (κ1) is 10.9. The molecule has 0 aliphatic heterocycles. The molecular formula is C13H17N3. The van der Waals surface area contributed by atoms with Crippen molar-refractivity contribution in [2.75, 3.05) is 0 Å². The van der Waals surface area contributed by atoms with Crippen molar-refractivity contribution in [2.24, 2.45) is 5.73 Å². The van der Waals surface area contributed by atoms with Gasteiger partial charge in [0.25, 0.3) is 0 Å². The Kier molecular flexibility index (Phi) is 2.79. The van der Waals surface area contributed by atoms with Gasteiger partial charge in [0.1, 0.15) is 5.82 Å². The maximum absolute atomic E-state index is 5.77. The van der Waals surface area contributed by atoms with Gasteiger partial charge in [-0.1, -0.05) is 17.2 Å². The Morgan fingerprint density at radius 3 is 2.31 bits per heavy atom. The number of nitrogens with two attached hydrogens (primary N) is 1. The molecule has 16 heavy (non-hydrogen) atoms. The summed E-state index contributed by atoms with van der Waals surface area (Å²) in [5, 5.41) is 0. The fourth-order valence-electron chi connectivity index (χ4n) is 1.84. The molecule has 1 heterocycles. The van der Waals surface area contributed by atoms with E-state index in [1.807, 2.05) is 13.1 Å². The second-order valence-corrected chi connectivity index (χ2v) is 4.35. The number of benzene rings is 1. The van der Waals surface area contributed by atoms with E-state index < -0.39 is 0 Å². The molecule has 1 atom stereocenters. The van der Waals surface area contributed by atoms with E-state index >= 15 is 0 Å². The van der Waals surface area contributed by atoms with Crippen molar-refractivity contribution in [2.45, 2.75) is 26.8 Å². The average Bonchev–Trinajstić information content (AvgIpc) is 2.64. The Bertz CT molecular complexity index is 477. The van der Waals surface area contributed by atoms with Gasteiger partial charge in [-0.3, -0.25) is 0 Å². The summed E-state index contributed by atoms with van der Waals surface area (Å²) in [4.78, 5) is 7.52. The van der Waals surface area contributed by atoms with Gasteiger partial charge in [-0.2, -0.15) is 0 Å². The van der Waals surface area contributed by atoms with E-state index in [0.29, 0.717) is 0 Å². The SMILES string of the molecule is Cc1cc(C)cc(-c2cnc([C@H](C)N)[nH]2)c1. The quantitative estimate of drug-likeness (QED) is 0.809. The molecule has 0 spiro atoms. The van der Waals surface area contributed by atoms with Crippen LogP contribution in [0, 0.1) is 13.8 Å². The summed E-state index contributed by atoms with van der Waals surface area (Å²) >= 11 is 0. The first-order valence-electron chi connectivity index (χ1n) is 5.45. The first-order chi connectivity index (χ1) is 7.56. The second-order valence-electron chi connectivity index (χ2n) is 4.35. The van der Waals surface area contributed by atoms with Crippen molar-refractivity contribution in [3.05, 3.63) is 41.3 Å². The van der Waals surface area contributed by atoms with Crippen LogP contribution in [0.3, 0.4) is 0 Å². The minimum Gasteiger partial charge on any atom is -0.341 e. The molecule has 0 saturated heterocycles. The zero-order chi connectivity index (χ0) is 11.7. The number of imidazole rings is 1. The fraction of sp³-hybridized carbons (Fsp3) is 0.308. The number of nitrogens with one attached hydrogen (secondary N) is 1. The van der Waals surface area contributed by atoms with Crippen molar-refractivity contribution < 1.29 is 0 Å². The Morgan fingerprint density at radius 1 is 1.19 bits per heavy atom. The lowest BCUT2D eigenvalue weighted by molar-refractivity contribution is 0.756. The highest BCUT2D eigenvalue weighted by atomic mass is 14.9. The predicted octanol–water partition coefficient (Wildman–Crippen LogP) is 2.71. The Balaban J connectivity index is 2.42. The number of aromatic nitrogens is 2. The molecule has 3 heteroatoms. The van der Waals surface area contributed by atoms with E-state index in [4.69, 9.17) is 5.73 Å². The molecule has 0 amide bonds. The van der Waals surface area contributed by atoms with Crippen LogP contribution in [-0.4, -0.2) is 9.97 Å². The number of rotatable bonds is 2. The van der Waals surface area contributed by atoms with Gasteiger partial charge in [0.05, 0.1) is 17.9 Å². The molecule has 1 aromatic carbocycles. The van der Waals surface area contributed by atoms with Gasteiger partial charge in [-0.05, 0) is 32.9 Å². The van der Waals surface area contributed by atoms with Gasteiger partial charge in [0.2, 0.25) is 0 Å². The highest BCUT2D eigenvalue weighted by molar-refractivity contribution is 5.60. The lowest BCUT2D eigenvalue weighted by Crippen LogP contribution is -2.06. The van der Waals surface area contributed by atoms with Gasteiger partial charge in [-0.15, -0.1) is 0 Å². The zero-order valence-corrected chi connectivity index (χ0v) is 9.91. The number of aryl methyl sites for hydroxylation is 2. The number of hydrogen-bond acceptors (Lipinski definition) is 2. The summed E-state index contributed by atoms with van der Waals surface area (Å²) < 4.78 is 0. The van der Waals surface area contributed by atoms with Crippen LogP contribution in [-0.2, 0) is 0 Å². The van der Waals surface area contributed by atoms with Crippen LogP contribution in [0.1, 0.15) is 29.9 Å². The third-order valence-corrected chi connectivity index (χ3v) is 2.56. The fourth-order valence-corrected chi connectivity index (χ4v) is 1.84. The minimum absolute atomic E-state index is 0.0559. The van der Waals surface area contributed by atoms with Crippen molar-refractivity contribution in [1.29, 1.82) is 0 Å². The van der Waals surface area contributed by atoms with Crippen LogP contribution in [0.2, 0.25) is 0 Å². The zero-order valence-electron chi connectivity index (χ0n) is 9.91. The highest BCUT2D eigenvalue weighted by Gasteiger charge is 2.06. The van der Waals surface area contributed by atoms with Crippen molar-refractivity contribution in [3.8, 4) is 11.3 Å². The highest BCUT2D eigenvalue weighted by Crippen LogP contribution is 2.21. The summed E-state index contributed by atoms with van der Waals surface area (Å²) in [6, 6.07) is 6.39. The second kappa shape index (κ2) is 4.10. The summed E-state index contributed by atoms with van der Waals surface area (Å²) in [5.74, 6) is 0.828. The molecule has 0 radical (unpaired) electrons. The third kappa shape index (κ3) is 2.14. The number of H-pyrrole nitrogens is 1. The van der Waals surface area contributed by atoms with Gasteiger partial charge in [0.15, 0.2) is 0 Å². The molecule has 2 rings (SSSR count). The van der Waals surface area contributed by atoms with E-state index in [0.717, 1.165) is 17.1 Å². The van der Waals surface area contributed by atoms with Crippen molar-refractivity contribution in [3.63, 3.8) is 0 Å². The van der Waals surface area contributed by atoms with E-state index in [-0.39, 0.29) is 6.04 Å². The van der Waals surface area contributed by atoms with Crippen molar-refractivity contribution >= 4 is 0 Å². The van der Waals surface area contributed by atoms with Crippen LogP contribution < -0.4 is 5.73 Å². The van der Waals surface area contributed by atoms with Crippen LogP contribution in [0.25, 0.3) is 11.3 Å². The minimum atomic E-state index is -0.0559. The van der Waals surface area contributed by atoms with Gasteiger partial charge in [-0.25, -0.2) is 4.98 Å². The monoisotopic (exact) mass is 215 g/mol. The van der Waals surface area contributed by atoms with Crippen LogP contribution in [0.4, 0.5) is 0 Å². The van der Waals surface area contributed by atoms with E-state index in [2.05, 4.69) is 42.0 Å². The van der Waals surface area contributed by atoms with E-state index in [9.17, 15) is 0 Å². The lowest BCUT2D eigenvalue weighted by atomic mass is 10.1. The molecule has 3 N–H and O–H groups in total. The molecule has 0 bridgehead atoms. The Labute approximate surface area is 95.7 Å². The molecule has 2 aromatic rings. The van der Waals surface area contributed by atoms with Crippen LogP contribution >= 0.6 is 0 Å². The van der Waals surface area contributed by atoms with E-state index in [1.165, 1.54) is 11.1 Å². The molecule has 0 aliphatic rings. The number of nitrogens with zero attached hydrogens (tertiary/aromatic N) is 1. The average molecular weight is 215 g/mol. The van der Waals surface area contributed by atoms with E-state index in [1.54, 1.807) is 0 Å². The molecule has 3 nitrogen and oxygen atoms in total. The standard InChI is InChI=1S/C13H17N3/c1-8-4-9(2)6-11(5-8)12-7-15-13(16-12)10(3)14/h4-7,10H,14H2,1-3H3,(H,15,16)/t10-/m0/s1. The van der Waals surface area contributed by atoms with Gasteiger partial charge >= 0.3 is 0 Å². The van der Waals surface area contributed by atoms with Crippen LogP contribution in [0.15, 0.2) is 24.4 Å². The Hall–Kier alpha value is -1.61. The van der Waals surface area contributed by atoms with Crippen molar-refractivity contribution in [1.82, 2.24) is 9.97 Å². The predicted molar refractivity (Wildman–Crippen MR) is 66.1 cm³/mol. The molecule has 1 aromatic heterocycles. The summed E-state index contributed by atoms with van der Waals surface area (Å²) in [7, 11) is 0. The largest absolute Gasteiger partial charge is 0.341 e. The summed E-state index contributed by atoms with van der Waals surface area (Å²) in [5.41, 5.74) is 10.5. The molecule has 0 fully saturated rings. The molecule has 0 aliphatic carbocycles. The molecule has 84 valence electrons. The molecule has 0 unspecified atom stereocenters. The normalized spacial score (nSPS) is 12.8. The summed E-state index contributed by atoms with van der Waals surface area (Å²) in [6.07, 6.45) is 1.84. The lowest BCUT2D eigenvalue weighted by Gasteiger charge is -2.03. The van der Waals surface area contributed by atoms with Gasteiger partial charge < -0.3 is 10.7 Å². The molecule has 0 saturated carbocycles. The maximum Gasteiger partial charge on any atom is 0.123 e. The Morgan fingerprint density at radius 2 is 1.81 bits per heavy atom. The third-order valence-electron chi connectivity index (χ3n) is 2.56.